The molecule has 0 saturated heterocycles. The molecule has 1 heterocycles. The van der Waals surface area contributed by atoms with Crippen LogP contribution in [0.25, 0.3) is 0 Å². The van der Waals surface area contributed by atoms with Crippen LogP contribution in [0.5, 0.6) is 0 Å². The van der Waals surface area contributed by atoms with E-state index in [1.54, 1.807) is 30.6 Å². The van der Waals surface area contributed by atoms with Gasteiger partial charge in [-0.05, 0) is 31.0 Å². The van der Waals surface area contributed by atoms with Crippen LogP contribution in [-0.4, -0.2) is 37.7 Å². The number of halogens is 1. The minimum absolute atomic E-state index is 0.211. The molecule has 0 fully saturated rings. The summed E-state index contributed by atoms with van der Waals surface area (Å²) in [6.07, 6.45) is 3.63. The molecule has 26 heavy (non-hydrogen) atoms. The van der Waals surface area contributed by atoms with Crippen LogP contribution in [0, 0.1) is 5.82 Å². The Morgan fingerprint density at radius 1 is 1.27 bits per heavy atom. The van der Waals surface area contributed by atoms with Gasteiger partial charge in [0.05, 0.1) is 11.6 Å². The van der Waals surface area contributed by atoms with Gasteiger partial charge in [0.25, 0.3) is 0 Å². The molecule has 0 aliphatic carbocycles. The molecule has 0 spiro atoms. The van der Waals surface area contributed by atoms with Gasteiger partial charge in [-0.15, -0.1) is 11.3 Å². The highest BCUT2D eigenvalue weighted by Gasteiger charge is 2.10. The normalized spacial score (nSPS) is 12.8. The highest BCUT2D eigenvalue weighted by atomic mass is 32.1. The zero-order valence-corrected chi connectivity index (χ0v) is 16.4. The van der Waals surface area contributed by atoms with Crippen LogP contribution in [0.2, 0.25) is 0 Å². The maximum absolute atomic E-state index is 13.1. The molecule has 1 unspecified atom stereocenters. The SMILES string of the molecule is CCNC(=NCC(OC)c1ccc(F)cc1)NCCc1ncc(CC)s1. The second-order valence-electron chi connectivity index (χ2n) is 5.75. The van der Waals surface area contributed by atoms with Crippen molar-refractivity contribution in [1.82, 2.24) is 15.6 Å². The number of hydrogen-bond donors (Lipinski definition) is 2. The largest absolute Gasteiger partial charge is 0.375 e. The molecule has 1 atom stereocenters. The molecule has 2 rings (SSSR count). The van der Waals surface area contributed by atoms with Gasteiger partial charge in [0.15, 0.2) is 5.96 Å². The summed E-state index contributed by atoms with van der Waals surface area (Å²) in [5, 5.41) is 7.69. The summed E-state index contributed by atoms with van der Waals surface area (Å²) in [5.41, 5.74) is 0.906. The molecule has 2 aromatic rings. The average molecular weight is 379 g/mol. The first-order valence-electron chi connectivity index (χ1n) is 8.90. The summed E-state index contributed by atoms with van der Waals surface area (Å²) in [4.78, 5) is 10.3. The number of methoxy groups -OCH3 is 1. The third-order valence-corrected chi connectivity index (χ3v) is 5.07. The smallest absolute Gasteiger partial charge is 0.191 e. The number of guanidine groups is 1. The predicted octanol–water partition coefficient (Wildman–Crippen LogP) is 3.33. The fourth-order valence-electron chi connectivity index (χ4n) is 2.42. The summed E-state index contributed by atoms with van der Waals surface area (Å²) in [6.45, 7) is 6.15. The second-order valence-corrected chi connectivity index (χ2v) is 6.95. The molecule has 2 N–H and O–H groups in total. The zero-order valence-electron chi connectivity index (χ0n) is 15.6. The van der Waals surface area contributed by atoms with Gasteiger partial charge in [-0.25, -0.2) is 9.37 Å². The van der Waals surface area contributed by atoms with Crippen LogP contribution < -0.4 is 10.6 Å². The van der Waals surface area contributed by atoms with E-state index < -0.39 is 0 Å². The van der Waals surface area contributed by atoms with Crippen LogP contribution in [0.1, 0.15) is 35.4 Å². The van der Waals surface area contributed by atoms with Crippen molar-refractivity contribution >= 4 is 17.3 Å². The van der Waals surface area contributed by atoms with Crippen molar-refractivity contribution in [1.29, 1.82) is 0 Å². The number of aryl methyl sites for hydroxylation is 1. The van der Waals surface area contributed by atoms with E-state index in [9.17, 15) is 4.39 Å². The standard InChI is InChI=1S/C19H27FN4OS/c1-4-16-12-23-18(26-16)10-11-22-19(21-5-2)24-13-17(25-3)14-6-8-15(20)9-7-14/h6-9,12,17H,4-5,10-11,13H2,1-3H3,(H2,21,22,24). The maximum atomic E-state index is 13.1. The van der Waals surface area contributed by atoms with Gasteiger partial charge in [0.2, 0.25) is 0 Å². The first-order valence-corrected chi connectivity index (χ1v) is 9.71. The van der Waals surface area contributed by atoms with Crippen molar-refractivity contribution in [3.8, 4) is 0 Å². The molecular weight excluding hydrogens is 351 g/mol. The molecule has 0 aliphatic rings. The fourth-order valence-corrected chi connectivity index (χ4v) is 3.29. The Balaban J connectivity index is 1.90. The first-order chi connectivity index (χ1) is 12.7. The number of ether oxygens (including phenoxy) is 1. The van der Waals surface area contributed by atoms with Crippen LogP contribution >= 0.6 is 11.3 Å². The first kappa shape index (κ1) is 20.3. The van der Waals surface area contributed by atoms with Crippen LogP contribution in [0.15, 0.2) is 35.5 Å². The topological polar surface area (TPSA) is 58.5 Å². The average Bonchev–Trinajstić information content (AvgIpc) is 3.11. The van der Waals surface area contributed by atoms with Gasteiger partial charge in [-0.2, -0.15) is 0 Å². The lowest BCUT2D eigenvalue weighted by Gasteiger charge is -2.16. The van der Waals surface area contributed by atoms with Gasteiger partial charge < -0.3 is 15.4 Å². The Labute approximate surface area is 158 Å². The minimum atomic E-state index is -0.254. The third kappa shape index (κ3) is 6.38. The zero-order chi connectivity index (χ0) is 18.8. The number of benzene rings is 1. The van der Waals surface area contributed by atoms with Crippen molar-refractivity contribution in [3.05, 3.63) is 51.7 Å². The monoisotopic (exact) mass is 378 g/mol. The van der Waals surface area contributed by atoms with Crippen molar-refractivity contribution in [2.45, 2.75) is 32.8 Å². The molecule has 0 aliphatic heterocycles. The van der Waals surface area contributed by atoms with E-state index >= 15 is 0 Å². The molecular formula is C19H27FN4OS. The van der Waals surface area contributed by atoms with E-state index in [1.807, 2.05) is 13.1 Å². The van der Waals surface area contributed by atoms with E-state index in [0.29, 0.717) is 6.54 Å². The van der Waals surface area contributed by atoms with Crippen molar-refractivity contribution in [2.24, 2.45) is 4.99 Å². The van der Waals surface area contributed by atoms with Gasteiger partial charge in [-0.3, -0.25) is 4.99 Å². The molecule has 5 nitrogen and oxygen atoms in total. The second kappa shape index (κ2) is 10.9. The van der Waals surface area contributed by atoms with E-state index in [1.165, 1.54) is 17.0 Å². The highest BCUT2D eigenvalue weighted by molar-refractivity contribution is 7.11. The Kier molecular flexibility index (Phi) is 8.50. The number of nitrogens with one attached hydrogen (secondary N) is 2. The number of aromatic nitrogens is 1. The number of aliphatic imine (C=N–C) groups is 1. The highest BCUT2D eigenvalue weighted by Crippen LogP contribution is 2.17. The summed E-state index contributed by atoms with van der Waals surface area (Å²) < 4.78 is 18.6. The van der Waals surface area contributed by atoms with Crippen LogP contribution in [0.4, 0.5) is 4.39 Å². The number of rotatable bonds is 9. The summed E-state index contributed by atoms with van der Waals surface area (Å²) in [5.74, 6) is 0.486. The predicted molar refractivity (Wildman–Crippen MR) is 105 cm³/mol. The van der Waals surface area contributed by atoms with Gasteiger partial charge in [0.1, 0.15) is 11.9 Å². The van der Waals surface area contributed by atoms with Crippen molar-refractivity contribution in [2.75, 3.05) is 26.7 Å². The summed E-state index contributed by atoms with van der Waals surface area (Å²) in [6, 6.07) is 6.33. The molecule has 1 aromatic heterocycles. The molecule has 0 saturated carbocycles. The number of hydrogen-bond acceptors (Lipinski definition) is 4. The van der Waals surface area contributed by atoms with Crippen molar-refractivity contribution < 1.29 is 9.13 Å². The number of thiazole rings is 1. The summed E-state index contributed by atoms with van der Waals surface area (Å²) >= 11 is 1.76. The van der Waals surface area contributed by atoms with E-state index in [4.69, 9.17) is 4.74 Å². The lowest BCUT2D eigenvalue weighted by Crippen LogP contribution is -2.38. The van der Waals surface area contributed by atoms with Crippen LogP contribution in [-0.2, 0) is 17.6 Å². The molecule has 1 aromatic carbocycles. The molecule has 0 radical (unpaired) electrons. The molecule has 142 valence electrons. The van der Waals surface area contributed by atoms with E-state index in [0.717, 1.165) is 42.5 Å². The van der Waals surface area contributed by atoms with E-state index in [2.05, 4.69) is 27.5 Å². The quantitative estimate of drug-likeness (QED) is 0.519. The lowest BCUT2D eigenvalue weighted by atomic mass is 10.1. The van der Waals surface area contributed by atoms with E-state index in [-0.39, 0.29) is 11.9 Å². The Hall–Kier alpha value is -1.99. The lowest BCUT2D eigenvalue weighted by molar-refractivity contribution is 0.111. The Bertz CT molecular complexity index is 687. The fraction of sp³-hybridized carbons (Fsp3) is 0.474. The Morgan fingerprint density at radius 3 is 2.65 bits per heavy atom. The number of nitrogens with zero attached hydrogens (tertiary/aromatic N) is 2. The van der Waals surface area contributed by atoms with Crippen molar-refractivity contribution in [3.63, 3.8) is 0 Å². The Morgan fingerprint density at radius 2 is 2.04 bits per heavy atom. The van der Waals surface area contributed by atoms with Gasteiger partial charge in [0, 0.05) is 37.7 Å². The molecule has 0 amide bonds. The minimum Gasteiger partial charge on any atom is -0.375 e. The molecule has 7 heteroatoms. The van der Waals surface area contributed by atoms with Gasteiger partial charge >= 0.3 is 0 Å². The summed E-state index contributed by atoms with van der Waals surface area (Å²) in [7, 11) is 1.64. The third-order valence-electron chi connectivity index (χ3n) is 3.87. The maximum Gasteiger partial charge on any atom is 0.191 e. The van der Waals surface area contributed by atoms with Gasteiger partial charge in [-0.1, -0.05) is 19.1 Å². The van der Waals surface area contributed by atoms with Crippen LogP contribution in [0.3, 0.4) is 0 Å². The molecule has 0 bridgehead atoms.